The van der Waals surface area contributed by atoms with E-state index in [1.165, 1.54) is 11.9 Å². The highest BCUT2D eigenvalue weighted by Crippen LogP contribution is 2.22. The molecule has 2 N–H and O–H groups in total. The van der Waals surface area contributed by atoms with Crippen molar-refractivity contribution in [3.8, 4) is 11.3 Å². The number of carbonyl (C=O) groups excluding carboxylic acids is 1. The van der Waals surface area contributed by atoms with Crippen LogP contribution in [0, 0.1) is 5.92 Å². The zero-order valence-electron chi connectivity index (χ0n) is 17.0. The molecular weight excluding hydrogens is 408 g/mol. The van der Waals surface area contributed by atoms with Crippen LogP contribution < -0.4 is 5.32 Å². The normalized spacial score (nSPS) is 15.1. The number of piperidine rings is 1. The lowest BCUT2D eigenvalue weighted by molar-refractivity contribution is -0.121. The van der Waals surface area contributed by atoms with Crippen LogP contribution in [0.3, 0.4) is 0 Å². The van der Waals surface area contributed by atoms with E-state index in [4.69, 9.17) is 16.1 Å². The highest BCUT2D eigenvalue weighted by atomic mass is 35.5. The maximum absolute atomic E-state index is 11.5. The minimum absolute atomic E-state index is 0.118. The van der Waals surface area contributed by atoms with Gasteiger partial charge in [0.05, 0.1) is 0 Å². The van der Waals surface area contributed by atoms with Gasteiger partial charge in [-0.25, -0.2) is 4.79 Å². The van der Waals surface area contributed by atoms with Crippen molar-refractivity contribution in [2.45, 2.75) is 19.3 Å². The van der Waals surface area contributed by atoms with Crippen molar-refractivity contribution in [1.29, 1.82) is 0 Å². The van der Waals surface area contributed by atoms with E-state index in [1.54, 1.807) is 0 Å². The third kappa shape index (κ3) is 6.21. The molecule has 0 saturated carbocycles. The van der Waals surface area contributed by atoms with Gasteiger partial charge < -0.3 is 19.8 Å². The van der Waals surface area contributed by atoms with E-state index in [2.05, 4.69) is 15.4 Å². The van der Waals surface area contributed by atoms with E-state index >= 15 is 0 Å². The summed E-state index contributed by atoms with van der Waals surface area (Å²) in [5, 5.41) is 16.6. The molecule has 2 aromatic rings. The standard InChI is InChI=1S/C21H27ClN4O4/c1-23-20(27)14-26(21(28)29)13-15-6-9-25(10-7-15)11-8-18-12-19(24-30-18)16-2-4-17(22)5-3-16/h2-5,12,15H,6-11,13-14H2,1H3,(H,23,27)(H,28,29). The molecule has 0 radical (unpaired) electrons. The molecule has 30 heavy (non-hydrogen) atoms. The number of rotatable bonds is 8. The number of carboxylic acid groups (broad SMARTS) is 1. The van der Waals surface area contributed by atoms with Crippen molar-refractivity contribution >= 4 is 23.6 Å². The molecule has 2 amide bonds. The fourth-order valence-corrected chi connectivity index (χ4v) is 3.75. The van der Waals surface area contributed by atoms with Gasteiger partial charge in [0.25, 0.3) is 0 Å². The minimum Gasteiger partial charge on any atom is -0.465 e. The van der Waals surface area contributed by atoms with Crippen LogP contribution in [0.4, 0.5) is 4.79 Å². The molecule has 1 aromatic heterocycles. The summed E-state index contributed by atoms with van der Waals surface area (Å²) >= 11 is 5.92. The predicted octanol–water partition coefficient (Wildman–Crippen LogP) is 2.98. The summed E-state index contributed by atoms with van der Waals surface area (Å²) in [5.74, 6) is 0.813. The molecule has 3 rings (SSSR count). The molecular formula is C21H27ClN4O4. The average molecular weight is 435 g/mol. The van der Waals surface area contributed by atoms with Gasteiger partial charge in [-0.2, -0.15) is 0 Å². The fourth-order valence-electron chi connectivity index (χ4n) is 3.62. The number of likely N-dealkylation sites (N-methyl/N-ethyl adjacent to an activating group) is 1. The Kier molecular flexibility index (Phi) is 7.70. The summed E-state index contributed by atoms with van der Waals surface area (Å²) in [6.07, 6.45) is 1.53. The molecule has 0 unspecified atom stereocenters. The molecule has 162 valence electrons. The lowest BCUT2D eigenvalue weighted by atomic mass is 9.96. The van der Waals surface area contributed by atoms with Gasteiger partial charge in [0.1, 0.15) is 18.0 Å². The van der Waals surface area contributed by atoms with Crippen LogP contribution in [-0.2, 0) is 11.2 Å². The Labute approximate surface area is 180 Å². The van der Waals surface area contributed by atoms with Crippen molar-refractivity contribution < 1.29 is 19.2 Å². The van der Waals surface area contributed by atoms with Crippen LogP contribution in [0.15, 0.2) is 34.9 Å². The molecule has 2 heterocycles. The molecule has 1 aliphatic rings. The lowest BCUT2D eigenvalue weighted by Gasteiger charge is -2.33. The zero-order chi connectivity index (χ0) is 21.5. The number of halogens is 1. The van der Waals surface area contributed by atoms with Gasteiger partial charge in [0.2, 0.25) is 5.91 Å². The van der Waals surface area contributed by atoms with E-state index in [0.717, 1.165) is 55.9 Å². The Bertz CT molecular complexity index is 847. The van der Waals surface area contributed by atoms with Crippen molar-refractivity contribution in [2.24, 2.45) is 5.92 Å². The number of aromatic nitrogens is 1. The zero-order valence-corrected chi connectivity index (χ0v) is 17.8. The number of benzene rings is 1. The summed E-state index contributed by atoms with van der Waals surface area (Å²) in [6.45, 7) is 2.94. The number of amides is 2. The average Bonchev–Trinajstić information content (AvgIpc) is 3.22. The summed E-state index contributed by atoms with van der Waals surface area (Å²) in [6, 6.07) is 9.45. The van der Waals surface area contributed by atoms with Crippen molar-refractivity contribution in [2.75, 3.05) is 39.8 Å². The second-order valence-electron chi connectivity index (χ2n) is 7.56. The molecule has 1 fully saturated rings. The van der Waals surface area contributed by atoms with Crippen LogP contribution in [0.5, 0.6) is 0 Å². The van der Waals surface area contributed by atoms with E-state index in [-0.39, 0.29) is 18.4 Å². The molecule has 1 saturated heterocycles. The lowest BCUT2D eigenvalue weighted by Crippen LogP contribution is -2.44. The topological polar surface area (TPSA) is 98.9 Å². The Morgan fingerprint density at radius 3 is 2.63 bits per heavy atom. The Morgan fingerprint density at radius 2 is 2.00 bits per heavy atom. The van der Waals surface area contributed by atoms with E-state index in [9.17, 15) is 14.7 Å². The summed E-state index contributed by atoms with van der Waals surface area (Å²) in [7, 11) is 1.51. The van der Waals surface area contributed by atoms with Gasteiger partial charge in [-0.1, -0.05) is 28.9 Å². The van der Waals surface area contributed by atoms with E-state index < -0.39 is 6.09 Å². The largest absolute Gasteiger partial charge is 0.465 e. The Balaban J connectivity index is 1.43. The molecule has 0 atom stereocenters. The van der Waals surface area contributed by atoms with Crippen molar-refractivity contribution in [1.82, 2.24) is 20.3 Å². The minimum atomic E-state index is -1.05. The Morgan fingerprint density at radius 1 is 1.30 bits per heavy atom. The van der Waals surface area contributed by atoms with Crippen molar-refractivity contribution in [3.05, 3.63) is 41.1 Å². The molecule has 1 aliphatic heterocycles. The Hall–Kier alpha value is -2.58. The van der Waals surface area contributed by atoms with Gasteiger partial charge in [0, 0.05) is 43.2 Å². The SMILES string of the molecule is CNC(=O)CN(CC1CCN(CCc2cc(-c3ccc(Cl)cc3)no2)CC1)C(=O)O. The first kappa shape index (κ1) is 22.1. The molecule has 0 bridgehead atoms. The number of likely N-dealkylation sites (tertiary alicyclic amines) is 1. The summed E-state index contributed by atoms with van der Waals surface area (Å²) in [4.78, 5) is 26.4. The van der Waals surface area contributed by atoms with Gasteiger partial charge in [0.15, 0.2) is 0 Å². The first-order valence-electron chi connectivity index (χ1n) is 10.1. The second kappa shape index (κ2) is 10.4. The maximum Gasteiger partial charge on any atom is 0.407 e. The molecule has 1 aromatic carbocycles. The maximum atomic E-state index is 11.5. The summed E-state index contributed by atoms with van der Waals surface area (Å²) in [5.41, 5.74) is 1.76. The number of hydrogen-bond donors (Lipinski definition) is 2. The van der Waals surface area contributed by atoms with Crippen LogP contribution in [-0.4, -0.2) is 71.8 Å². The van der Waals surface area contributed by atoms with Gasteiger partial charge in [-0.05, 0) is 44.0 Å². The molecule has 8 nitrogen and oxygen atoms in total. The quantitative estimate of drug-likeness (QED) is 0.662. The van der Waals surface area contributed by atoms with Crippen LogP contribution in [0.1, 0.15) is 18.6 Å². The van der Waals surface area contributed by atoms with Crippen LogP contribution in [0.2, 0.25) is 5.02 Å². The van der Waals surface area contributed by atoms with Crippen LogP contribution >= 0.6 is 11.6 Å². The van der Waals surface area contributed by atoms with Gasteiger partial charge in [-0.15, -0.1) is 0 Å². The van der Waals surface area contributed by atoms with Gasteiger partial charge in [-0.3, -0.25) is 9.69 Å². The third-order valence-corrected chi connectivity index (χ3v) is 5.69. The fraction of sp³-hybridized carbons (Fsp3) is 0.476. The smallest absolute Gasteiger partial charge is 0.407 e. The predicted molar refractivity (Wildman–Crippen MR) is 113 cm³/mol. The van der Waals surface area contributed by atoms with Crippen LogP contribution in [0.25, 0.3) is 11.3 Å². The highest BCUT2D eigenvalue weighted by Gasteiger charge is 2.24. The number of nitrogens with zero attached hydrogens (tertiary/aromatic N) is 3. The molecule has 0 aliphatic carbocycles. The molecule has 0 spiro atoms. The summed E-state index contributed by atoms with van der Waals surface area (Å²) < 4.78 is 5.47. The number of carbonyl (C=O) groups is 2. The second-order valence-corrected chi connectivity index (χ2v) is 7.99. The van der Waals surface area contributed by atoms with Crippen molar-refractivity contribution in [3.63, 3.8) is 0 Å². The van der Waals surface area contributed by atoms with E-state index in [0.29, 0.717) is 11.6 Å². The molecule has 9 heteroatoms. The third-order valence-electron chi connectivity index (χ3n) is 5.44. The number of hydrogen-bond acceptors (Lipinski definition) is 5. The van der Waals surface area contributed by atoms with E-state index in [1.807, 2.05) is 30.3 Å². The first-order chi connectivity index (χ1) is 14.4. The highest BCUT2D eigenvalue weighted by molar-refractivity contribution is 6.30. The monoisotopic (exact) mass is 434 g/mol. The first-order valence-corrected chi connectivity index (χ1v) is 10.4. The number of nitrogens with one attached hydrogen (secondary N) is 1. The van der Waals surface area contributed by atoms with Gasteiger partial charge >= 0.3 is 6.09 Å².